The van der Waals surface area contributed by atoms with Crippen molar-refractivity contribution in [1.82, 2.24) is 10.2 Å². The lowest BCUT2D eigenvalue weighted by molar-refractivity contribution is -0.134. The minimum atomic E-state index is -0.151. The third-order valence-corrected chi connectivity index (χ3v) is 2.70. The van der Waals surface area contributed by atoms with E-state index in [0.717, 1.165) is 5.56 Å². The minimum Gasteiger partial charge on any atom is -0.399 e. The van der Waals surface area contributed by atoms with Crippen molar-refractivity contribution in [3.8, 4) is 0 Å². The van der Waals surface area contributed by atoms with Crippen LogP contribution in [0.4, 0.5) is 5.69 Å². The van der Waals surface area contributed by atoms with Crippen LogP contribution in [0, 0.1) is 0 Å². The predicted octanol–water partition coefficient (Wildman–Crippen LogP) is 0.240. The monoisotopic (exact) mass is 245 g/mol. The van der Waals surface area contributed by atoms with Crippen LogP contribution in [0.25, 0.3) is 6.08 Å². The third-order valence-electron chi connectivity index (χ3n) is 2.70. The molecule has 0 atom stereocenters. The zero-order valence-corrected chi connectivity index (χ0v) is 9.93. The number of nitrogens with two attached hydrogens (primary N) is 1. The Labute approximate surface area is 105 Å². The van der Waals surface area contributed by atoms with Gasteiger partial charge in [-0.15, -0.1) is 0 Å². The van der Waals surface area contributed by atoms with E-state index in [2.05, 4.69) is 5.32 Å². The van der Waals surface area contributed by atoms with Crippen molar-refractivity contribution in [2.75, 3.05) is 25.4 Å². The molecular weight excluding hydrogens is 230 g/mol. The number of hydrogen-bond acceptors (Lipinski definition) is 3. The molecular formula is C13H15N3O2. The molecule has 0 spiro atoms. The standard InChI is InChI=1S/C13H15N3O2/c14-11-4-1-10(2-5-11)3-6-13(18)16-8-7-15-12(17)9-16/h1-6H,7-9,14H2,(H,15,17)/b6-3+. The maximum Gasteiger partial charge on any atom is 0.247 e. The van der Waals surface area contributed by atoms with Crippen molar-refractivity contribution >= 4 is 23.6 Å². The van der Waals surface area contributed by atoms with Crippen molar-refractivity contribution in [3.05, 3.63) is 35.9 Å². The summed E-state index contributed by atoms with van der Waals surface area (Å²) in [6, 6.07) is 7.22. The first-order chi connectivity index (χ1) is 8.65. The molecule has 18 heavy (non-hydrogen) atoms. The van der Waals surface area contributed by atoms with E-state index in [1.807, 2.05) is 12.1 Å². The molecule has 0 unspecified atom stereocenters. The fraction of sp³-hybridized carbons (Fsp3) is 0.231. The van der Waals surface area contributed by atoms with Gasteiger partial charge in [-0.3, -0.25) is 9.59 Å². The lowest BCUT2D eigenvalue weighted by Gasteiger charge is -2.25. The number of rotatable bonds is 2. The van der Waals surface area contributed by atoms with Crippen molar-refractivity contribution in [2.24, 2.45) is 0 Å². The largest absolute Gasteiger partial charge is 0.399 e. The highest BCUT2D eigenvalue weighted by molar-refractivity contribution is 5.95. The zero-order valence-electron chi connectivity index (χ0n) is 9.93. The lowest BCUT2D eigenvalue weighted by atomic mass is 10.2. The van der Waals surface area contributed by atoms with Gasteiger partial charge in [-0.25, -0.2) is 0 Å². The Hall–Kier alpha value is -2.30. The first-order valence-electron chi connectivity index (χ1n) is 5.74. The Morgan fingerprint density at radius 1 is 1.33 bits per heavy atom. The van der Waals surface area contributed by atoms with Gasteiger partial charge in [-0.1, -0.05) is 12.1 Å². The Balaban J connectivity index is 1.98. The number of hydrogen-bond donors (Lipinski definition) is 2. The first-order valence-corrected chi connectivity index (χ1v) is 5.74. The van der Waals surface area contributed by atoms with Crippen LogP contribution in [0.1, 0.15) is 5.56 Å². The molecule has 0 saturated carbocycles. The van der Waals surface area contributed by atoms with Crippen LogP contribution in [-0.2, 0) is 9.59 Å². The summed E-state index contributed by atoms with van der Waals surface area (Å²) in [6.45, 7) is 1.20. The maximum absolute atomic E-state index is 11.8. The number of carbonyl (C=O) groups is 2. The Morgan fingerprint density at radius 2 is 2.06 bits per heavy atom. The summed E-state index contributed by atoms with van der Waals surface area (Å²) in [5, 5.41) is 2.68. The number of benzene rings is 1. The predicted molar refractivity (Wildman–Crippen MR) is 69.5 cm³/mol. The second-order valence-electron chi connectivity index (χ2n) is 4.11. The molecule has 5 heteroatoms. The van der Waals surface area contributed by atoms with Crippen LogP contribution in [0.3, 0.4) is 0 Å². The number of amides is 2. The SMILES string of the molecule is Nc1ccc(/C=C/C(=O)N2CCNC(=O)C2)cc1. The number of anilines is 1. The van der Waals surface area contributed by atoms with Crippen LogP contribution >= 0.6 is 0 Å². The number of nitrogens with zero attached hydrogens (tertiary/aromatic N) is 1. The highest BCUT2D eigenvalue weighted by Crippen LogP contribution is 2.07. The van der Waals surface area contributed by atoms with Gasteiger partial charge >= 0.3 is 0 Å². The zero-order chi connectivity index (χ0) is 13.0. The van der Waals surface area contributed by atoms with E-state index < -0.39 is 0 Å². The molecule has 1 saturated heterocycles. The van der Waals surface area contributed by atoms with Gasteiger partial charge in [0.25, 0.3) is 0 Å². The van der Waals surface area contributed by atoms with Gasteiger partial charge in [-0.05, 0) is 23.8 Å². The van der Waals surface area contributed by atoms with Gasteiger partial charge in [0.05, 0.1) is 6.54 Å². The van der Waals surface area contributed by atoms with Gasteiger partial charge in [0.1, 0.15) is 0 Å². The molecule has 94 valence electrons. The summed E-state index contributed by atoms with van der Waals surface area (Å²) < 4.78 is 0. The molecule has 1 heterocycles. The van der Waals surface area contributed by atoms with Gasteiger partial charge < -0.3 is 16.0 Å². The van der Waals surface area contributed by atoms with Gasteiger partial charge in [-0.2, -0.15) is 0 Å². The van der Waals surface area contributed by atoms with E-state index in [0.29, 0.717) is 18.8 Å². The summed E-state index contributed by atoms with van der Waals surface area (Å²) in [5.74, 6) is -0.267. The molecule has 2 amide bonds. The van der Waals surface area contributed by atoms with E-state index in [1.54, 1.807) is 18.2 Å². The lowest BCUT2D eigenvalue weighted by Crippen LogP contribution is -2.49. The highest BCUT2D eigenvalue weighted by atomic mass is 16.2. The van der Waals surface area contributed by atoms with Crippen LogP contribution in [0.5, 0.6) is 0 Å². The number of nitrogen functional groups attached to an aromatic ring is 1. The summed E-state index contributed by atoms with van der Waals surface area (Å²) in [4.78, 5) is 24.5. The van der Waals surface area contributed by atoms with E-state index >= 15 is 0 Å². The minimum absolute atomic E-state index is 0.115. The van der Waals surface area contributed by atoms with Gasteiger partial charge in [0, 0.05) is 24.9 Å². The average Bonchev–Trinajstić information content (AvgIpc) is 2.38. The fourth-order valence-corrected chi connectivity index (χ4v) is 1.71. The van der Waals surface area contributed by atoms with Crippen molar-refractivity contribution in [1.29, 1.82) is 0 Å². The molecule has 0 aliphatic carbocycles. The molecule has 5 nitrogen and oxygen atoms in total. The van der Waals surface area contributed by atoms with E-state index in [1.165, 1.54) is 11.0 Å². The highest BCUT2D eigenvalue weighted by Gasteiger charge is 2.18. The normalized spacial score (nSPS) is 15.8. The number of piperazine rings is 1. The molecule has 0 bridgehead atoms. The summed E-state index contributed by atoms with van der Waals surface area (Å²) in [7, 11) is 0. The molecule has 1 aliphatic rings. The van der Waals surface area contributed by atoms with Crippen molar-refractivity contribution in [3.63, 3.8) is 0 Å². The summed E-state index contributed by atoms with van der Waals surface area (Å²) >= 11 is 0. The number of carbonyl (C=O) groups excluding carboxylic acids is 2. The molecule has 0 aromatic heterocycles. The van der Waals surface area contributed by atoms with Crippen LogP contribution < -0.4 is 11.1 Å². The van der Waals surface area contributed by atoms with E-state index in [4.69, 9.17) is 5.73 Å². The molecule has 3 N–H and O–H groups in total. The average molecular weight is 245 g/mol. The molecule has 1 fully saturated rings. The molecule has 1 aromatic carbocycles. The first kappa shape index (κ1) is 12.2. The topological polar surface area (TPSA) is 75.4 Å². The fourth-order valence-electron chi connectivity index (χ4n) is 1.71. The quantitative estimate of drug-likeness (QED) is 0.579. The van der Waals surface area contributed by atoms with Gasteiger partial charge in [0.2, 0.25) is 11.8 Å². The second-order valence-corrected chi connectivity index (χ2v) is 4.11. The molecule has 2 rings (SSSR count). The van der Waals surface area contributed by atoms with Crippen LogP contribution in [0.15, 0.2) is 30.3 Å². The summed E-state index contributed by atoms with van der Waals surface area (Å²) in [6.07, 6.45) is 3.19. The summed E-state index contributed by atoms with van der Waals surface area (Å²) in [5.41, 5.74) is 7.16. The molecule has 1 aromatic rings. The Kier molecular flexibility index (Phi) is 3.62. The van der Waals surface area contributed by atoms with E-state index in [-0.39, 0.29) is 18.4 Å². The third kappa shape index (κ3) is 3.10. The van der Waals surface area contributed by atoms with Crippen LogP contribution in [0.2, 0.25) is 0 Å². The molecule has 1 aliphatic heterocycles. The smallest absolute Gasteiger partial charge is 0.247 e. The Morgan fingerprint density at radius 3 is 2.72 bits per heavy atom. The van der Waals surface area contributed by atoms with Gasteiger partial charge in [0.15, 0.2) is 0 Å². The maximum atomic E-state index is 11.8. The second kappa shape index (κ2) is 5.35. The van der Waals surface area contributed by atoms with Crippen LogP contribution in [-0.4, -0.2) is 36.3 Å². The molecule has 0 radical (unpaired) electrons. The Bertz CT molecular complexity index is 480. The van der Waals surface area contributed by atoms with Crippen molar-refractivity contribution in [2.45, 2.75) is 0 Å². The van der Waals surface area contributed by atoms with E-state index in [9.17, 15) is 9.59 Å². The number of nitrogens with one attached hydrogen (secondary N) is 1. The van der Waals surface area contributed by atoms with Crippen molar-refractivity contribution < 1.29 is 9.59 Å².